The minimum atomic E-state index is 0.403. The monoisotopic (exact) mass is 343 g/mol. The molecular formula is C21H33N3O. The van der Waals surface area contributed by atoms with E-state index in [4.69, 9.17) is 9.73 Å². The van der Waals surface area contributed by atoms with Crippen LogP contribution in [0.5, 0.6) is 0 Å². The molecule has 0 spiro atoms. The second kappa shape index (κ2) is 8.70. The first-order valence-electron chi connectivity index (χ1n) is 9.86. The van der Waals surface area contributed by atoms with Gasteiger partial charge in [0, 0.05) is 26.8 Å². The van der Waals surface area contributed by atoms with Crippen LogP contribution in [0.4, 0.5) is 0 Å². The molecule has 2 N–H and O–H groups in total. The maximum atomic E-state index is 5.30. The lowest BCUT2D eigenvalue weighted by atomic mass is 9.67. The predicted octanol–water partition coefficient (Wildman–Crippen LogP) is 3.44. The summed E-state index contributed by atoms with van der Waals surface area (Å²) in [5, 5.41) is 6.97. The van der Waals surface area contributed by atoms with Crippen LogP contribution in [0, 0.1) is 5.41 Å². The molecule has 1 fully saturated rings. The lowest BCUT2D eigenvalue weighted by Gasteiger charge is -2.42. The topological polar surface area (TPSA) is 45.7 Å². The normalized spacial score (nSPS) is 18.6. The van der Waals surface area contributed by atoms with Crippen LogP contribution in [-0.2, 0) is 24.1 Å². The highest BCUT2D eigenvalue weighted by molar-refractivity contribution is 5.79. The van der Waals surface area contributed by atoms with E-state index in [1.807, 2.05) is 0 Å². The summed E-state index contributed by atoms with van der Waals surface area (Å²) in [6.45, 7) is 5.60. The van der Waals surface area contributed by atoms with Gasteiger partial charge < -0.3 is 15.4 Å². The Kier molecular flexibility index (Phi) is 6.35. The highest BCUT2D eigenvalue weighted by atomic mass is 16.5. The molecule has 4 nitrogen and oxygen atoms in total. The second-order valence-electron chi connectivity index (χ2n) is 7.60. The van der Waals surface area contributed by atoms with Crippen molar-refractivity contribution in [3.05, 3.63) is 34.9 Å². The highest BCUT2D eigenvalue weighted by Gasteiger charge is 2.36. The summed E-state index contributed by atoms with van der Waals surface area (Å²) in [6.07, 6.45) is 8.85. The number of methoxy groups -OCH3 is 1. The zero-order chi connectivity index (χ0) is 17.5. The van der Waals surface area contributed by atoms with E-state index in [9.17, 15) is 0 Å². The number of ether oxygens (including phenoxy) is 1. The van der Waals surface area contributed by atoms with Gasteiger partial charge in [0.2, 0.25) is 0 Å². The summed E-state index contributed by atoms with van der Waals surface area (Å²) < 4.78 is 5.30. The maximum Gasteiger partial charge on any atom is 0.191 e. The van der Waals surface area contributed by atoms with Gasteiger partial charge in [-0.05, 0) is 67.6 Å². The molecular weight excluding hydrogens is 310 g/mol. The van der Waals surface area contributed by atoms with Gasteiger partial charge in [-0.3, -0.25) is 0 Å². The van der Waals surface area contributed by atoms with Gasteiger partial charge in [-0.2, -0.15) is 0 Å². The van der Waals surface area contributed by atoms with E-state index in [-0.39, 0.29) is 0 Å². The number of fused-ring (bicyclic) bond motifs is 1. The van der Waals surface area contributed by atoms with Crippen LogP contribution in [0.2, 0.25) is 0 Å². The third-order valence-corrected chi connectivity index (χ3v) is 5.81. The lowest BCUT2D eigenvalue weighted by Crippen LogP contribution is -2.46. The molecule has 0 amide bonds. The first-order valence-corrected chi connectivity index (χ1v) is 9.86. The number of rotatable bonds is 8. The number of benzene rings is 1. The zero-order valence-corrected chi connectivity index (χ0v) is 15.9. The second-order valence-corrected chi connectivity index (χ2v) is 7.60. The van der Waals surface area contributed by atoms with Crippen LogP contribution < -0.4 is 10.6 Å². The number of guanidine groups is 1. The Balaban J connectivity index is 1.57. The van der Waals surface area contributed by atoms with Gasteiger partial charge in [0.15, 0.2) is 5.96 Å². The van der Waals surface area contributed by atoms with Gasteiger partial charge >= 0.3 is 0 Å². The fourth-order valence-corrected chi connectivity index (χ4v) is 4.02. The molecule has 0 saturated heterocycles. The number of hydrogen-bond acceptors (Lipinski definition) is 2. The van der Waals surface area contributed by atoms with Gasteiger partial charge in [0.05, 0.1) is 6.54 Å². The maximum absolute atomic E-state index is 5.30. The van der Waals surface area contributed by atoms with Crippen molar-refractivity contribution in [2.45, 2.75) is 58.4 Å². The van der Waals surface area contributed by atoms with Gasteiger partial charge in [0.1, 0.15) is 0 Å². The van der Waals surface area contributed by atoms with Gasteiger partial charge in [0.25, 0.3) is 0 Å². The summed E-state index contributed by atoms with van der Waals surface area (Å²) in [5.74, 6) is 0.937. The number of aryl methyl sites for hydroxylation is 2. The molecule has 0 aromatic heterocycles. The van der Waals surface area contributed by atoms with Crippen LogP contribution in [0.15, 0.2) is 23.2 Å². The molecule has 0 heterocycles. The van der Waals surface area contributed by atoms with Crippen molar-refractivity contribution >= 4 is 5.96 Å². The van der Waals surface area contributed by atoms with Crippen LogP contribution >= 0.6 is 0 Å². The van der Waals surface area contributed by atoms with E-state index in [0.717, 1.165) is 38.6 Å². The summed E-state index contributed by atoms with van der Waals surface area (Å²) in [4.78, 5) is 4.81. The Labute approximate surface area is 152 Å². The Morgan fingerprint density at radius 1 is 1.16 bits per heavy atom. The summed E-state index contributed by atoms with van der Waals surface area (Å²) in [7, 11) is 1.79. The Morgan fingerprint density at radius 3 is 2.72 bits per heavy atom. The predicted molar refractivity (Wildman–Crippen MR) is 104 cm³/mol. The zero-order valence-electron chi connectivity index (χ0n) is 15.9. The molecule has 1 aromatic carbocycles. The van der Waals surface area contributed by atoms with Crippen molar-refractivity contribution in [2.75, 3.05) is 26.8 Å². The van der Waals surface area contributed by atoms with Crippen LogP contribution in [0.25, 0.3) is 0 Å². The Bertz CT molecular complexity index is 593. The molecule has 0 aliphatic heterocycles. The van der Waals surface area contributed by atoms with Crippen LogP contribution in [0.3, 0.4) is 0 Å². The number of nitrogens with one attached hydrogen (secondary N) is 2. The average molecular weight is 344 g/mol. The third kappa shape index (κ3) is 4.75. The molecule has 138 valence electrons. The molecule has 3 rings (SSSR count). The van der Waals surface area contributed by atoms with Crippen molar-refractivity contribution < 1.29 is 4.74 Å². The molecule has 4 heteroatoms. The third-order valence-electron chi connectivity index (χ3n) is 5.81. The standard InChI is InChI=1S/C21H33N3O/c1-3-22-20(24-16-21(10-5-11-21)12-13-25-2)23-15-17-8-9-18-6-4-7-19(18)14-17/h8-9,14H,3-7,10-13,15-16H2,1-2H3,(H2,22,23,24). The number of aliphatic imine (C=N–C) groups is 1. The molecule has 0 unspecified atom stereocenters. The number of nitrogens with zero attached hydrogens (tertiary/aromatic N) is 1. The van der Waals surface area contributed by atoms with Crippen molar-refractivity contribution in [1.82, 2.24) is 10.6 Å². The molecule has 0 radical (unpaired) electrons. The number of hydrogen-bond donors (Lipinski definition) is 2. The molecule has 2 aliphatic carbocycles. The minimum Gasteiger partial charge on any atom is -0.385 e. The SMILES string of the molecule is CCNC(=NCc1ccc2c(c1)CCC2)NCC1(CCOC)CCC1. The van der Waals surface area contributed by atoms with E-state index in [1.165, 1.54) is 55.2 Å². The van der Waals surface area contributed by atoms with Gasteiger partial charge in [-0.25, -0.2) is 4.99 Å². The molecule has 1 aromatic rings. The first kappa shape index (κ1) is 18.2. The fraction of sp³-hybridized carbons (Fsp3) is 0.667. The van der Waals surface area contributed by atoms with Crippen LogP contribution in [-0.4, -0.2) is 32.8 Å². The largest absolute Gasteiger partial charge is 0.385 e. The highest BCUT2D eigenvalue weighted by Crippen LogP contribution is 2.43. The minimum absolute atomic E-state index is 0.403. The summed E-state index contributed by atoms with van der Waals surface area (Å²) in [6, 6.07) is 6.88. The van der Waals surface area contributed by atoms with Gasteiger partial charge in [-0.1, -0.05) is 24.6 Å². The van der Waals surface area contributed by atoms with E-state index >= 15 is 0 Å². The molecule has 0 atom stereocenters. The van der Waals surface area contributed by atoms with E-state index < -0.39 is 0 Å². The quantitative estimate of drug-likeness (QED) is 0.561. The fourth-order valence-electron chi connectivity index (χ4n) is 4.02. The van der Waals surface area contributed by atoms with E-state index in [0.29, 0.717) is 5.41 Å². The Hall–Kier alpha value is -1.55. The van der Waals surface area contributed by atoms with Crippen molar-refractivity contribution in [3.63, 3.8) is 0 Å². The molecule has 2 aliphatic rings. The van der Waals surface area contributed by atoms with Crippen molar-refractivity contribution in [1.29, 1.82) is 0 Å². The lowest BCUT2D eigenvalue weighted by molar-refractivity contribution is 0.0732. The molecule has 25 heavy (non-hydrogen) atoms. The molecule has 0 bridgehead atoms. The smallest absolute Gasteiger partial charge is 0.191 e. The van der Waals surface area contributed by atoms with Crippen molar-refractivity contribution in [3.8, 4) is 0 Å². The first-order chi connectivity index (χ1) is 12.2. The van der Waals surface area contributed by atoms with Gasteiger partial charge in [-0.15, -0.1) is 0 Å². The van der Waals surface area contributed by atoms with E-state index in [1.54, 1.807) is 7.11 Å². The van der Waals surface area contributed by atoms with E-state index in [2.05, 4.69) is 35.8 Å². The van der Waals surface area contributed by atoms with Crippen molar-refractivity contribution in [2.24, 2.45) is 10.4 Å². The molecule has 1 saturated carbocycles. The summed E-state index contributed by atoms with van der Waals surface area (Å²) in [5.41, 5.74) is 4.77. The van der Waals surface area contributed by atoms with Crippen LogP contribution in [0.1, 0.15) is 55.7 Å². The summed E-state index contributed by atoms with van der Waals surface area (Å²) >= 11 is 0. The Morgan fingerprint density at radius 2 is 2.00 bits per heavy atom. The average Bonchev–Trinajstić information content (AvgIpc) is 3.06.